The van der Waals surface area contributed by atoms with Gasteiger partial charge in [-0.1, -0.05) is 63.2 Å². The molecule has 0 atom stereocenters. The van der Waals surface area contributed by atoms with Crippen LogP contribution in [-0.4, -0.2) is 47.6 Å². The summed E-state index contributed by atoms with van der Waals surface area (Å²) in [6.45, 7) is 17.8. The monoisotopic (exact) mass is 1330 g/mol. The maximum absolute atomic E-state index is 14.1. The molecule has 7 nitrogen and oxygen atoms in total. The minimum absolute atomic E-state index is 0.0933. The smallest absolute Gasteiger partial charge is 0.230 e. The number of amides is 1. The molecule has 0 aromatic heterocycles. The van der Waals surface area contributed by atoms with Gasteiger partial charge in [0, 0.05) is 52.9 Å². The van der Waals surface area contributed by atoms with Crippen LogP contribution in [0, 0.1) is 42.3 Å². The van der Waals surface area contributed by atoms with Crippen LogP contribution in [0.25, 0.3) is 0 Å². The second-order valence-corrected chi connectivity index (χ2v) is 30.6. The summed E-state index contributed by atoms with van der Waals surface area (Å²) >= 11 is 6.96. The normalized spacial score (nSPS) is 21.2. The summed E-state index contributed by atoms with van der Waals surface area (Å²) in [6, 6.07) is 38.2. The Hall–Kier alpha value is -2.86. The number of anilines is 3. The molecule has 5 aromatic rings. The fourth-order valence-corrected chi connectivity index (χ4v) is 13.6. The van der Waals surface area contributed by atoms with Crippen LogP contribution >= 0.6 is 67.8 Å². The van der Waals surface area contributed by atoms with Crippen molar-refractivity contribution in [2.24, 2.45) is 17.8 Å². The first-order chi connectivity index (χ1) is 34.3. The first kappa shape index (κ1) is 58.4. The predicted molar refractivity (Wildman–Crippen MR) is 332 cm³/mol. The predicted octanol–water partition coefficient (Wildman–Crippen LogP) is 17.4. The summed E-state index contributed by atoms with van der Waals surface area (Å²) in [6.07, 6.45) is 14.1. The maximum Gasteiger partial charge on any atom is 0.230 e. The van der Waals surface area contributed by atoms with Gasteiger partial charge in [0.15, 0.2) is 8.32 Å². The number of carbonyl (C=O) groups excluding carboxylic acids is 1. The average Bonchev–Trinajstić information content (AvgIpc) is 3.35. The van der Waals surface area contributed by atoms with Crippen LogP contribution in [0.2, 0.25) is 18.1 Å². The summed E-state index contributed by atoms with van der Waals surface area (Å²) in [5.41, 5.74) is 14.0. The van der Waals surface area contributed by atoms with Gasteiger partial charge in [0.05, 0.1) is 14.2 Å². The van der Waals surface area contributed by atoms with Crippen molar-refractivity contribution < 1.29 is 18.7 Å². The maximum atomic E-state index is 14.1. The van der Waals surface area contributed by atoms with Crippen LogP contribution in [0.4, 0.5) is 17.1 Å². The number of rotatable bonds is 13. The molecule has 72 heavy (non-hydrogen) atoms. The third-order valence-electron chi connectivity index (χ3n) is 15.9. The van der Waals surface area contributed by atoms with Crippen LogP contribution < -0.4 is 25.4 Å². The second-order valence-electron chi connectivity index (χ2n) is 22.1. The highest BCUT2D eigenvalue weighted by atomic mass is 127. The van der Waals surface area contributed by atoms with E-state index in [1.54, 1.807) is 14.2 Å². The topological polar surface area (TPSA) is 86.0 Å². The number of nitrogens with one attached hydrogen (secondary N) is 1. The quantitative estimate of drug-likeness (QED) is 0.0694. The Morgan fingerprint density at radius 1 is 0.639 bits per heavy atom. The molecule has 1 amide bonds. The Balaban J connectivity index is 0.000000221. The molecule has 0 heterocycles. The number of carbonyl (C=O) groups is 1. The van der Waals surface area contributed by atoms with E-state index in [4.69, 9.17) is 19.6 Å². The van der Waals surface area contributed by atoms with E-state index in [0.717, 1.165) is 80.4 Å². The van der Waals surface area contributed by atoms with E-state index >= 15 is 0 Å². The van der Waals surface area contributed by atoms with Gasteiger partial charge in [0.2, 0.25) is 5.91 Å². The Morgan fingerprint density at radius 3 is 1.60 bits per heavy atom. The summed E-state index contributed by atoms with van der Waals surface area (Å²) in [5.74, 6) is 5.01. The molecule has 8 rings (SSSR count). The lowest BCUT2D eigenvalue weighted by Crippen LogP contribution is -2.46. The molecule has 5 aromatic carbocycles. The zero-order valence-electron chi connectivity index (χ0n) is 44.5. The van der Waals surface area contributed by atoms with Gasteiger partial charge >= 0.3 is 0 Å². The fraction of sp³-hybridized carbons (Fsp3) is 0.492. The summed E-state index contributed by atoms with van der Waals surface area (Å²) < 4.78 is 21.2. The number of benzene rings is 5. The van der Waals surface area contributed by atoms with Gasteiger partial charge in [-0.2, -0.15) is 0 Å². The molecular formula is C61H82I3N3O4Si. The number of methoxy groups -OCH3 is 2. The summed E-state index contributed by atoms with van der Waals surface area (Å²) in [7, 11) is 1.69. The van der Waals surface area contributed by atoms with Crippen molar-refractivity contribution >= 4 is 99.1 Å². The van der Waals surface area contributed by atoms with Crippen molar-refractivity contribution in [3.63, 3.8) is 0 Å². The van der Waals surface area contributed by atoms with E-state index in [-0.39, 0.29) is 11.0 Å². The van der Waals surface area contributed by atoms with E-state index in [9.17, 15) is 4.79 Å². The number of aryl methyl sites for hydroxylation is 2. The third kappa shape index (κ3) is 17.3. The van der Waals surface area contributed by atoms with E-state index < -0.39 is 8.32 Å². The standard InChI is InChI=1S/C34H50INO3Si.C21H26INO.C6H6IN/c1-24-21-28(17-20-32(24)38-5)26-13-11-25(12-14-26)23-36(30-10-8-9-29(35)22-30)33(37)27-15-18-31(19-16-27)39-40(6,7)34(2,3)4;1-15-12-18(10-11-21(15)24-2)17-8-6-16(7-9-17)14-23-20-5-3-4-19(22)13-20;7-5-2-1-3-6(8)4-5/h8-10,17,20-22,25-27,31H,11-16,18-19,23H2,1-7H3;3-5,10-13,16-17,23H,6-9,14H2,1-2H3;1-4H,8H2. The second kappa shape index (κ2) is 27.8. The molecule has 11 heteroatoms. The van der Waals surface area contributed by atoms with Gasteiger partial charge in [0.1, 0.15) is 11.5 Å². The molecule has 0 saturated heterocycles. The lowest BCUT2D eigenvalue weighted by molar-refractivity contribution is -0.124. The van der Waals surface area contributed by atoms with E-state index in [1.807, 2.05) is 24.3 Å². The molecule has 0 spiro atoms. The number of halogens is 3. The zero-order valence-corrected chi connectivity index (χ0v) is 52.0. The largest absolute Gasteiger partial charge is 0.496 e. The Bertz CT molecular complexity index is 2470. The van der Waals surface area contributed by atoms with Crippen molar-refractivity contribution in [3.8, 4) is 11.5 Å². The number of nitrogens with zero attached hydrogens (tertiary/aromatic N) is 1. The van der Waals surface area contributed by atoms with Gasteiger partial charge in [0.25, 0.3) is 0 Å². The molecule has 390 valence electrons. The number of hydrogen-bond acceptors (Lipinski definition) is 6. The molecule has 3 fully saturated rings. The zero-order chi connectivity index (χ0) is 52.0. The van der Waals surface area contributed by atoms with Crippen LogP contribution in [0.5, 0.6) is 11.5 Å². The van der Waals surface area contributed by atoms with Gasteiger partial charge in [-0.25, -0.2) is 0 Å². The van der Waals surface area contributed by atoms with Crippen LogP contribution in [0.1, 0.15) is 132 Å². The van der Waals surface area contributed by atoms with Gasteiger partial charge < -0.3 is 29.9 Å². The fourth-order valence-electron chi connectivity index (χ4n) is 10.5. The Labute approximate surface area is 475 Å². The van der Waals surface area contributed by atoms with Crippen molar-refractivity contribution in [1.29, 1.82) is 0 Å². The highest BCUT2D eigenvalue weighted by Crippen LogP contribution is 2.42. The summed E-state index contributed by atoms with van der Waals surface area (Å²) in [4.78, 5) is 16.2. The molecule has 3 saturated carbocycles. The lowest BCUT2D eigenvalue weighted by atomic mass is 9.78. The van der Waals surface area contributed by atoms with Gasteiger partial charge in [-0.3, -0.25) is 4.79 Å². The van der Waals surface area contributed by atoms with E-state index in [1.165, 1.54) is 77.2 Å². The molecule has 3 aliphatic carbocycles. The molecule has 3 aliphatic rings. The number of nitrogen functional groups attached to an aromatic ring is 1. The SMILES string of the molecule is COc1ccc(C2CCC(CN(C(=O)C3CCC(O[Si](C)(C)C(C)(C)C)CC3)c3cccc(I)c3)CC2)cc1C.COc1ccc(C2CCC(CNc3cccc(I)c3)CC2)cc1C.Nc1cccc(I)c1. The summed E-state index contributed by atoms with van der Waals surface area (Å²) in [5, 5.41) is 3.83. The van der Waals surface area contributed by atoms with Crippen LogP contribution in [-0.2, 0) is 9.22 Å². The molecule has 0 bridgehead atoms. The minimum atomic E-state index is -1.79. The number of hydrogen-bond donors (Lipinski definition) is 2. The van der Waals surface area contributed by atoms with Crippen LogP contribution in [0.3, 0.4) is 0 Å². The average molecular weight is 1330 g/mol. The molecule has 0 aliphatic heterocycles. The van der Waals surface area contributed by atoms with Crippen molar-refractivity contribution in [1.82, 2.24) is 0 Å². The van der Waals surface area contributed by atoms with Crippen LogP contribution in [0.15, 0.2) is 109 Å². The van der Waals surface area contributed by atoms with E-state index in [2.05, 4.69) is 211 Å². The highest BCUT2D eigenvalue weighted by molar-refractivity contribution is 14.1. The molecule has 0 unspecified atom stereocenters. The van der Waals surface area contributed by atoms with Gasteiger partial charge in [-0.15, -0.1) is 0 Å². The first-order valence-electron chi connectivity index (χ1n) is 26.4. The Morgan fingerprint density at radius 2 is 1.14 bits per heavy atom. The van der Waals surface area contributed by atoms with E-state index in [0.29, 0.717) is 29.8 Å². The lowest BCUT2D eigenvalue weighted by Gasteiger charge is -2.41. The highest BCUT2D eigenvalue weighted by Gasteiger charge is 2.41. The first-order valence-corrected chi connectivity index (χ1v) is 32.5. The molecular weight excluding hydrogens is 1250 g/mol. The molecule has 3 N–H and O–H groups in total. The van der Waals surface area contributed by atoms with Gasteiger partial charge in [-0.05, 0) is 289 Å². The number of ether oxygens (including phenoxy) is 2. The van der Waals surface area contributed by atoms with Crippen molar-refractivity contribution in [3.05, 3.63) is 142 Å². The van der Waals surface area contributed by atoms with Crippen molar-refractivity contribution in [2.75, 3.05) is 43.3 Å². The third-order valence-corrected chi connectivity index (χ3v) is 22.4. The van der Waals surface area contributed by atoms with Crippen molar-refractivity contribution in [2.45, 2.75) is 148 Å². The minimum Gasteiger partial charge on any atom is -0.496 e. The Kier molecular flexibility index (Phi) is 22.5. The molecule has 0 radical (unpaired) electrons. The number of nitrogens with two attached hydrogens (primary N) is 1.